The Morgan fingerprint density at radius 1 is 0.953 bits per heavy atom. The number of fused-ring (bicyclic) bond motifs is 1. The van der Waals surface area contributed by atoms with Crippen molar-refractivity contribution in [2.24, 2.45) is 0 Å². The van der Waals surface area contributed by atoms with Crippen molar-refractivity contribution in [1.82, 2.24) is 15.1 Å². The zero-order valence-electron chi connectivity index (χ0n) is 22.9. The van der Waals surface area contributed by atoms with E-state index in [2.05, 4.69) is 15.7 Å². The van der Waals surface area contributed by atoms with Gasteiger partial charge in [0.2, 0.25) is 6.79 Å². The molecule has 0 aliphatic carbocycles. The van der Waals surface area contributed by atoms with Crippen molar-refractivity contribution in [3.63, 3.8) is 0 Å². The summed E-state index contributed by atoms with van der Waals surface area (Å²) in [6.45, 7) is 0.469. The summed E-state index contributed by atoms with van der Waals surface area (Å²) in [5.74, 6) is 2.22. The van der Waals surface area contributed by atoms with E-state index < -0.39 is 5.56 Å². The molecule has 1 aliphatic rings. The van der Waals surface area contributed by atoms with Gasteiger partial charge in [-0.1, -0.05) is 41.9 Å². The van der Waals surface area contributed by atoms with Crippen LogP contribution in [0.25, 0.3) is 5.69 Å². The summed E-state index contributed by atoms with van der Waals surface area (Å²) in [6.07, 6.45) is 1.43. The number of amides is 1. The molecule has 0 radical (unpaired) electrons. The van der Waals surface area contributed by atoms with Crippen LogP contribution in [0.1, 0.15) is 15.9 Å². The van der Waals surface area contributed by atoms with Gasteiger partial charge in [-0.05, 0) is 60.2 Å². The molecule has 2 N–H and O–H groups in total. The number of aromatic nitrogens is 2. The molecule has 5 aromatic rings. The monoisotopic (exact) mass is 596 g/mol. The molecular formula is C32H25ClN4O6. The SMILES string of the molecule is COc1cccc(Oc2cnn(-c3ccccc3Cl)c(=O)c2Nc2cccc(C(=O)NCc3ccc4c(c3)OCO4)c2)c1. The number of halogens is 1. The van der Waals surface area contributed by atoms with Gasteiger partial charge in [-0.3, -0.25) is 9.59 Å². The number of anilines is 2. The molecule has 2 heterocycles. The van der Waals surface area contributed by atoms with E-state index in [0.717, 1.165) is 5.56 Å². The summed E-state index contributed by atoms with van der Waals surface area (Å²) >= 11 is 6.38. The lowest BCUT2D eigenvalue weighted by molar-refractivity contribution is 0.0951. The number of carbonyl (C=O) groups is 1. The Bertz CT molecular complexity index is 1880. The predicted octanol–water partition coefficient (Wildman–Crippen LogP) is 6.09. The highest BCUT2D eigenvalue weighted by Crippen LogP contribution is 2.33. The Labute approximate surface area is 251 Å². The largest absolute Gasteiger partial charge is 0.497 e. The Morgan fingerprint density at radius 3 is 2.63 bits per heavy atom. The summed E-state index contributed by atoms with van der Waals surface area (Å²) in [5, 5.41) is 10.7. The summed E-state index contributed by atoms with van der Waals surface area (Å²) in [5.41, 5.74) is 1.73. The first-order valence-corrected chi connectivity index (χ1v) is 13.6. The zero-order valence-corrected chi connectivity index (χ0v) is 23.6. The van der Waals surface area contributed by atoms with Crippen molar-refractivity contribution >= 4 is 28.9 Å². The topological polar surface area (TPSA) is 113 Å². The molecule has 6 rings (SSSR count). The average molecular weight is 597 g/mol. The molecule has 0 spiro atoms. The van der Waals surface area contributed by atoms with Crippen molar-refractivity contribution in [2.75, 3.05) is 19.2 Å². The minimum atomic E-state index is -0.508. The second-order valence-electron chi connectivity index (χ2n) is 9.41. The van der Waals surface area contributed by atoms with E-state index in [1.54, 1.807) is 79.9 Å². The summed E-state index contributed by atoms with van der Waals surface area (Å²) in [4.78, 5) is 26.8. The first-order valence-electron chi connectivity index (χ1n) is 13.2. The van der Waals surface area contributed by atoms with Crippen LogP contribution in [0, 0.1) is 0 Å². The molecule has 1 amide bonds. The van der Waals surface area contributed by atoms with E-state index >= 15 is 0 Å². The van der Waals surface area contributed by atoms with E-state index in [-0.39, 0.29) is 24.1 Å². The standard InChI is InChI=1S/C32H25ClN4O6/c1-40-23-8-5-9-24(16-23)43-29-18-35-37(26-11-3-2-10-25(26)33)32(39)30(29)36-22-7-4-6-21(15-22)31(38)34-17-20-12-13-27-28(14-20)42-19-41-27/h2-16,18,36H,17,19H2,1H3,(H,34,38). The number of hydrogen-bond donors (Lipinski definition) is 2. The number of para-hydroxylation sites is 1. The fraction of sp³-hybridized carbons (Fsp3) is 0.0938. The highest BCUT2D eigenvalue weighted by Gasteiger charge is 2.18. The Morgan fingerprint density at radius 2 is 1.77 bits per heavy atom. The van der Waals surface area contributed by atoms with E-state index in [0.29, 0.717) is 51.5 Å². The van der Waals surface area contributed by atoms with Gasteiger partial charge >= 0.3 is 0 Å². The third kappa shape index (κ3) is 6.09. The van der Waals surface area contributed by atoms with Crippen LogP contribution in [0.3, 0.4) is 0 Å². The van der Waals surface area contributed by atoms with Gasteiger partial charge in [0, 0.05) is 23.9 Å². The van der Waals surface area contributed by atoms with Gasteiger partial charge in [-0.2, -0.15) is 9.78 Å². The van der Waals surface area contributed by atoms with Crippen molar-refractivity contribution in [3.8, 4) is 34.4 Å². The molecule has 1 aromatic heterocycles. The van der Waals surface area contributed by atoms with Gasteiger partial charge in [0.1, 0.15) is 11.5 Å². The molecule has 11 heteroatoms. The molecule has 0 saturated carbocycles. The molecular weight excluding hydrogens is 572 g/mol. The van der Waals surface area contributed by atoms with Gasteiger partial charge in [-0.25, -0.2) is 0 Å². The van der Waals surface area contributed by atoms with Crippen LogP contribution in [-0.2, 0) is 6.54 Å². The fourth-order valence-electron chi connectivity index (χ4n) is 4.44. The first-order chi connectivity index (χ1) is 21.0. The van der Waals surface area contributed by atoms with Crippen LogP contribution in [0.2, 0.25) is 5.02 Å². The van der Waals surface area contributed by atoms with E-state index in [1.807, 2.05) is 18.2 Å². The van der Waals surface area contributed by atoms with Gasteiger partial charge < -0.3 is 29.6 Å². The lowest BCUT2D eigenvalue weighted by Gasteiger charge is -2.16. The van der Waals surface area contributed by atoms with Crippen LogP contribution in [0.5, 0.6) is 28.7 Å². The highest BCUT2D eigenvalue weighted by atomic mass is 35.5. The molecule has 43 heavy (non-hydrogen) atoms. The van der Waals surface area contributed by atoms with E-state index in [9.17, 15) is 9.59 Å². The van der Waals surface area contributed by atoms with Crippen molar-refractivity contribution in [1.29, 1.82) is 0 Å². The number of benzene rings is 4. The fourth-order valence-corrected chi connectivity index (χ4v) is 4.65. The number of methoxy groups -OCH3 is 1. The van der Waals surface area contributed by atoms with Crippen LogP contribution in [0.4, 0.5) is 11.4 Å². The Kier molecular flexibility index (Phi) is 7.84. The minimum Gasteiger partial charge on any atom is -0.497 e. The number of rotatable bonds is 9. The summed E-state index contributed by atoms with van der Waals surface area (Å²) in [6, 6.07) is 26.1. The molecule has 1 aliphatic heterocycles. The average Bonchev–Trinajstić information content (AvgIpc) is 3.50. The van der Waals surface area contributed by atoms with Crippen molar-refractivity contribution in [3.05, 3.63) is 124 Å². The third-order valence-electron chi connectivity index (χ3n) is 6.58. The number of carbonyl (C=O) groups excluding carboxylic acids is 1. The second kappa shape index (κ2) is 12.2. The maximum absolute atomic E-state index is 13.8. The van der Waals surface area contributed by atoms with Crippen molar-refractivity contribution < 1.29 is 23.7 Å². The van der Waals surface area contributed by atoms with E-state index in [4.69, 9.17) is 30.5 Å². The van der Waals surface area contributed by atoms with Crippen LogP contribution in [-0.4, -0.2) is 29.6 Å². The first kappa shape index (κ1) is 27.7. The number of hydrogen-bond acceptors (Lipinski definition) is 8. The predicted molar refractivity (Wildman–Crippen MR) is 161 cm³/mol. The molecule has 0 atom stereocenters. The van der Waals surface area contributed by atoms with Gasteiger partial charge in [0.15, 0.2) is 22.9 Å². The normalized spacial score (nSPS) is 11.6. The van der Waals surface area contributed by atoms with Gasteiger partial charge in [-0.15, -0.1) is 0 Å². The van der Waals surface area contributed by atoms with Gasteiger partial charge in [0.25, 0.3) is 11.5 Å². The summed E-state index contributed by atoms with van der Waals surface area (Å²) < 4.78 is 23.3. The molecule has 0 saturated heterocycles. The molecule has 0 fully saturated rings. The van der Waals surface area contributed by atoms with Crippen LogP contribution < -0.4 is 35.1 Å². The van der Waals surface area contributed by atoms with Crippen LogP contribution >= 0.6 is 11.6 Å². The lowest BCUT2D eigenvalue weighted by atomic mass is 10.1. The van der Waals surface area contributed by atoms with Crippen LogP contribution in [0.15, 0.2) is 102 Å². The zero-order chi connectivity index (χ0) is 29.8. The molecule has 10 nitrogen and oxygen atoms in total. The third-order valence-corrected chi connectivity index (χ3v) is 6.90. The Balaban J connectivity index is 1.28. The maximum atomic E-state index is 13.8. The smallest absolute Gasteiger partial charge is 0.299 e. The van der Waals surface area contributed by atoms with Gasteiger partial charge in [0.05, 0.1) is 24.0 Å². The number of nitrogens with one attached hydrogen (secondary N) is 2. The second-order valence-corrected chi connectivity index (χ2v) is 9.82. The number of nitrogens with zero attached hydrogens (tertiary/aromatic N) is 2. The molecule has 4 aromatic carbocycles. The van der Waals surface area contributed by atoms with E-state index in [1.165, 1.54) is 10.9 Å². The van der Waals surface area contributed by atoms with Crippen molar-refractivity contribution in [2.45, 2.75) is 6.54 Å². The highest BCUT2D eigenvalue weighted by molar-refractivity contribution is 6.32. The minimum absolute atomic E-state index is 0.0932. The molecule has 216 valence electrons. The summed E-state index contributed by atoms with van der Waals surface area (Å²) in [7, 11) is 1.55. The number of ether oxygens (including phenoxy) is 4. The quantitative estimate of drug-likeness (QED) is 0.210. The maximum Gasteiger partial charge on any atom is 0.299 e. The Hall–Kier alpha value is -5.48. The molecule has 0 bridgehead atoms. The molecule has 0 unspecified atom stereocenters. The lowest BCUT2D eigenvalue weighted by Crippen LogP contribution is -2.24.